The van der Waals surface area contributed by atoms with Crippen LogP contribution < -0.4 is 5.32 Å². The van der Waals surface area contributed by atoms with Crippen LogP contribution in [-0.2, 0) is 14.3 Å². The Morgan fingerprint density at radius 3 is 1.36 bits per heavy atom. The maximum absolute atomic E-state index is 13.2. The topological polar surface area (TPSA) is 95.9 Å². The van der Waals surface area contributed by atoms with Crippen molar-refractivity contribution in [3.05, 3.63) is 85.1 Å². The van der Waals surface area contributed by atoms with E-state index in [0.29, 0.717) is 19.3 Å². The number of allylic oxidation sites excluding steroid dienone is 14. The second-order valence-electron chi connectivity index (χ2n) is 16.8. The first-order chi connectivity index (χ1) is 30.0. The zero-order chi connectivity index (χ0) is 44.5. The normalized spacial score (nSPS) is 14.0. The van der Waals surface area contributed by atoms with Crippen LogP contribution in [0.25, 0.3) is 0 Å². The molecule has 3 atom stereocenters. The molecule has 0 aliphatic rings. The van der Waals surface area contributed by atoms with Gasteiger partial charge in [0.25, 0.3) is 0 Å². The van der Waals surface area contributed by atoms with Gasteiger partial charge in [0.1, 0.15) is 6.10 Å². The zero-order valence-electron chi connectivity index (χ0n) is 39.8. The van der Waals surface area contributed by atoms with Gasteiger partial charge in [0.05, 0.1) is 25.2 Å². The fraction of sp³-hybridized carbons (Fsp3) is 0.709. The summed E-state index contributed by atoms with van der Waals surface area (Å²) in [5.41, 5.74) is 0. The predicted molar refractivity (Wildman–Crippen MR) is 264 cm³/mol. The first-order valence-electron chi connectivity index (χ1n) is 25.3. The van der Waals surface area contributed by atoms with Gasteiger partial charge in [-0.3, -0.25) is 9.59 Å². The molecule has 6 heteroatoms. The van der Waals surface area contributed by atoms with Crippen LogP contribution in [0.5, 0.6) is 0 Å². The molecular formula is C55H95NO5. The molecule has 0 heterocycles. The molecular weight excluding hydrogens is 755 g/mol. The highest BCUT2D eigenvalue weighted by atomic mass is 16.5. The molecule has 0 aliphatic carbocycles. The van der Waals surface area contributed by atoms with Gasteiger partial charge < -0.3 is 20.3 Å². The smallest absolute Gasteiger partial charge is 0.306 e. The largest absolute Gasteiger partial charge is 0.462 e. The number of carbonyl (C=O) groups is 2. The third-order valence-corrected chi connectivity index (χ3v) is 11.0. The van der Waals surface area contributed by atoms with Gasteiger partial charge in [-0.05, 0) is 89.9 Å². The van der Waals surface area contributed by atoms with Gasteiger partial charge in [-0.15, -0.1) is 0 Å². The van der Waals surface area contributed by atoms with E-state index in [0.717, 1.165) is 83.5 Å². The first-order valence-corrected chi connectivity index (χ1v) is 25.3. The summed E-state index contributed by atoms with van der Waals surface area (Å²) in [4.78, 5) is 26.1. The molecule has 0 fully saturated rings. The highest BCUT2D eigenvalue weighted by molar-refractivity contribution is 5.77. The molecule has 0 saturated heterocycles. The SMILES string of the molecule is CC/C=C\C/C=C\C/C=C\C/C=C\C/C=C\C/C=C\CCC(=O)OC(CCCCCCC/C=C\CCCCCC)CC(=O)NC(CO)C(O)CCCCCCCCCCCC. The second kappa shape index (κ2) is 48.1. The van der Waals surface area contributed by atoms with Crippen LogP contribution in [0.1, 0.15) is 226 Å². The van der Waals surface area contributed by atoms with Crippen LogP contribution in [0.4, 0.5) is 0 Å². The van der Waals surface area contributed by atoms with E-state index < -0.39 is 18.2 Å². The van der Waals surface area contributed by atoms with Crippen LogP contribution in [0.15, 0.2) is 85.1 Å². The van der Waals surface area contributed by atoms with Gasteiger partial charge in [0.2, 0.25) is 5.91 Å². The minimum absolute atomic E-state index is 0.0379. The molecule has 0 rings (SSSR count). The van der Waals surface area contributed by atoms with Crippen LogP contribution >= 0.6 is 0 Å². The fourth-order valence-electron chi connectivity index (χ4n) is 7.16. The van der Waals surface area contributed by atoms with E-state index >= 15 is 0 Å². The van der Waals surface area contributed by atoms with Gasteiger partial charge in [-0.2, -0.15) is 0 Å². The molecule has 0 radical (unpaired) electrons. The predicted octanol–water partition coefficient (Wildman–Crippen LogP) is 15.2. The van der Waals surface area contributed by atoms with Crippen molar-refractivity contribution >= 4 is 11.9 Å². The summed E-state index contributed by atoms with van der Waals surface area (Å²) in [5.74, 6) is -0.587. The monoisotopic (exact) mass is 850 g/mol. The lowest BCUT2D eigenvalue weighted by Crippen LogP contribution is -2.46. The standard InChI is InChI=1S/C55H95NO5/c1-4-7-10-13-16-19-22-24-25-26-27-28-29-31-33-36-39-42-45-48-55(60)61-51(46-43-40-37-34-32-30-23-20-17-14-11-8-5-2)49-54(59)56-52(50-57)53(58)47-44-41-38-35-21-18-15-12-9-6-3/h7,10,16,19-20,23-25,27-28,31,33,39,42,51-53,57-58H,4-6,8-9,11-15,17-18,21-22,26,29-30,32,34-38,40-41,43-50H2,1-3H3,(H,56,59)/b10-7-,19-16-,23-20-,25-24-,28-27-,33-31-,42-39-. The summed E-state index contributed by atoms with van der Waals surface area (Å²) in [5, 5.41) is 23.7. The molecule has 0 saturated carbocycles. The molecule has 0 aromatic carbocycles. The number of ether oxygens (including phenoxy) is 1. The summed E-state index contributed by atoms with van der Waals surface area (Å²) in [6.45, 7) is 6.32. The molecule has 1 amide bonds. The summed E-state index contributed by atoms with van der Waals surface area (Å²) >= 11 is 0. The Morgan fingerprint density at radius 2 is 0.885 bits per heavy atom. The highest BCUT2D eigenvalue weighted by Crippen LogP contribution is 2.17. The van der Waals surface area contributed by atoms with Crippen molar-refractivity contribution < 1.29 is 24.5 Å². The number of amides is 1. The second-order valence-corrected chi connectivity index (χ2v) is 16.8. The zero-order valence-corrected chi connectivity index (χ0v) is 39.8. The van der Waals surface area contributed by atoms with Gasteiger partial charge in [-0.25, -0.2) is 0 Å². The Kier molecular flexibility index (Phi) is 45.7. The number of unbranched alkanes of at least 4 members (excludes halogenated alkanes) is 18. The lowest BCUT2D eigenvalue weighted by molar-refractivity contribution is -0.150. The number of hydrogen-bond acceptors (Lipinski definition) is 5. The maximum atomic E-state index is 13.2. The Labute approximate surface area is 376 Å². The Bertz CT molecular complexity index is 1180. The molecule has 61 heavy (non-hydrogen) atoms. The van der Waals surface area contributed by atoms with E-state index in [9.17, 15) is 19.8 Å². The number of carbonyl (C=O) groups excluding carboxylic acids is 2. The molecule has 6 nitrogen and oxygen atoms in total. The summed E-state index contributed by atoms with van der Waals surface area (Å²) in [6, 6.07) is -0.721. The third-order valence-electron chi connectivity index (χ3n) is 11.0. The Morgan fingerprint density at radius 1 is 0.492 bits per heavy atom. The lowest BCUT2D eigenvalue weighted by atomic mass is 10.0. The van der Waals surface area contributed by atoms with Crippen LogP contribution in [0.3, 0.4) is 0 Å². The molecule has 3 unspecified atom stereocenters. The van der Waals surface area contributed by atoms with Crippen LogP contribution in [0.2, 0.25) is 0 Å². The maximum Gasteiger partial charge on any atom is 0.306 e. The molecule has 0 bridgehead atoms. The minimum Gasteiger partial charge on any atom is -0.462 e. The van der Waals surface area contributed by atoms with Gasteiger partial charge in [0, 0.05) is 6.42 Å². The minimum atomic E-state index is -0.804. The molecule has 0 spiro atoms. The first kappa shape index (κ1) is 58.0. The highest BCUT2D eigenvalue weighted by Gasteiger charge is 2.24. The Balaban J connectivity index is 4.71. The van der Waals surface area contributed by atoms with Crippen molar-refractivity contribution in [1.29, 1.82) is 0 Å². The van der Waals surface area contributed by atoms with E-state index in [4.69, 9.17) is 4.74 Å². The summed E-state index contributed by atoms with van der Waals surface area (Å²) in [7, 11) is 0. The van der Waals surface area contributed by atoms with Crippen molar-refractivity contribution in [2.75, 3.05) is 6.61 Å². The van der Waals surface area contributed by atoms with E-state index in [-0.39, 0.29) is 31.3 Å². The number of aliphatic hydroxyl groups excluding tert-OH is 2. The lowest BCUT2D eigenvalue weighted by Gasteiger charge is -2.24. The van der Waals surface area contributed by atoms with Crippen molar-refractivity contribution in [3.63, 3.8) is 0 Å². The van der Waals surface area contributed by atoms with Crippen molar-refractivity contribution in [2.45, 2.75) is 244 Å². The summed E-state index contributed by atoms with van der Waals surface area (Å²) < 4.78 is 5.88. The number of esters is 1. The molecule has 0 aromatic heterocycles. The van der Waals surface area contributed by atoms with E-state index in [2.05, 4.69) is 105 Å². The van der Waals surface area contributed by atoms with Crippen molar-refractivity contribution in [2.24, 2.45) is 0 Å². The van der Waals surface area contributed by atoms with E-state index in [1.165, 1.54) is 89.9 Å². The third kappa shape index (κ3) is 43.5. The van der Waals surface area contributed by atoms with Gasteiger partial charge in [-0.1, -0.05) is 209 Å². The van der Waals surface area contributed by atoms with Crippen molar-refractivity contribution in [1.82, 2.24) is 5.32 Å². The molecule has 350 valence electrons. The molecule has 0 aromatic rings. The number of nitrogens with one attached hydrogen (secondary N) is 1. The number of hydrogen-bond donors (Lipinski definition) is 3. The quantitative estimate of drug-likeness (QED) is 0.0322. The number of aliphatic hydroxyl groups is 2. The molecule has 0 aliphatic heterocycles. The van der Waals surface area contributed by atoms with Crippen LogP contribution in [0, 0.1) is 0 Å². The average molecular weight is 850 g/mol. The summed E-state index contributed by atoms with van der Waals surface area (Å²) in [6.07, 6.45) is 62.2. The van der Waals surface area contributed by atoms with Gasteiger partial charge >= 0.3 is 5.97 Å². The van der Waals surface area contributed by atoms with E-state index in [1.807, 2.05) is 6.08 Å². The van der Waals surface area contributed by atoms with Gasteiger partial charge in [0.15, 0.2) is 0 Å². The fourth-order valence-corrected chi connectivity index (χ4v) is 7.16. The Hall–Kier alpha value is -2.96. The average Bonchev–Trinajstić information content (AvgIpc) is 3.25. The van der Waals surface area contributed by atoms with E-state index in [1.54, 1.807) is 0 Å². The van der Waals surface area contributed by atoms with Crippen molar-refractivity contribution in [3.8, 4) is 0 Å². The number of rotatable bonds is 44. The van der Waals surface area contributed by atoms with Crippen LogP contribution in [-0.4, -0.2) is 46.9 Å². The molecule has 3 N–H and O–H groups in total.